The molecule has 140 valence electrons. The molecule has 1 fully saturated rings. The number of hydrogen-bond donors (Lipinski definition) is 0. The number of ether oxygens (including phenoxy) is 1. The molecule has 0 amide bonds. The third-order valence-electron chi connectivity index (χ3n) is 6.00. The van der Waals surface area contributed by atoms with Gasteiger partial charge in [0, 0.05) is 48.6 Å². The second-order valence-electron chi connectivity index (χ2n) is 7.49. The number of hydrazone groups is 1. The van der Waals surface area contributed by atoms with Gasteiger partial charge in [0.05, 0.1) is 17.4 Å². The lowest BCUT2D eigenvalue weighted by atomic mass is 9.91. The average molecular weight is 427 g/mol. The van der Waals surface area contributed by atoms with Crippen LogP contribution in [0.1, 0.15) is 43.5 Å². The van der Waals surface area contributed by atoms with Gasteiger partial charge in [0.25, 0.3) is 0 Å². The van der Waals surface area contributed by atoms with Crippen LogP contribution >= 0.6 is 15.9 Å². The number of nitrogens with zero attached hydrogens (tertiary/aromatic N) is 4. The highest BCUT2D eigenvalue weighted by Gasteiger charge is 2.51. The lowest BCUT2D eigenvalue weighted by Gasteiger charge is -2.51. The van der Waals surface area contributed by atoms with Crippen molar-refractivity contribution in [3.63, 3.8) is 0 Å². The number of hydrogen-bond acceptors (Lipinski definition) is 5. The highest BCUT2D eigenvalue weighted by molar-refractivity contribution is 9.10. The van der Waals surface area contributed by atoms with Crippen molar-refractivity contribution in [1.29, 1.82) is 0 Å². The van der Waals surface area contributed by atoms with E-state index in [1.807, 2.05) is 24.4 Å². The minimum Gasteiger partial charge on any atom is -0.466 e. The molecule has 6 heteroatoms. The Morgan fingerprint density at radius 3 is 2.81 bits per heavy atom. The van der Waals surface area contributed by atoms with Crippen LogP contribution in [0.15, 0.2) is 52.2 Å². The molecule has 4 heterocycles. The van der Waals surface area contributed by atoms with Crippen LogP contribution in [0.4, 0.5) is 0 Å². The fraction of sp³-hybridized carbons (Fsp3) is 0.429. The number of aromatic nitrogens is 1. The Morgan fingerprint density at radius 1 is 1.22 bits per heavy atom. The summed E-state index contributed by atoms with van der Waals surface area (Å²) in [5, 5.41) is 7.31. The predicted molar refractivity (Wildman–Crippen MR) is 109 cm³/mol. The second kappa shape index (κ2) is 6.60. The zero-order valence-corrected chi connectivity index (χ0v) is 17.0. The van der Waals surface area contributed by atoms with Crippen LogP contribution in [-0.2, 0) is 0 Å². The van der Waals surface area contributed by atoms with Crippen LogP contribution in [0.3, 0.4) is 0 Å². The molecule has 5 nitrogen and oxygen atoms in total. The molecule has 0 bridgehead atoms. The van der Waals surface area contributed by atoms with E-state index in [0.29, 0.717) is 0 Å². The lowest BCUT2D eigenvalue weighted by molar-refractivity contribution is -0.149. The van der Waals surface area contributed by atoms with Gasteiger partial charge in [-0.05, 0) is 36.9 Å². The molecule has 0 radical (unpaired) electrons. The number of likely N-dealkylation sites (tertiary alicyclic amines) is 1. The Kier molecular flexibility index (Phi) is 4.20. The topological polar surface area (TPSA) is 41.0 Å². The van der Waals surface area contributed by atoms with E-state index < -0.39 is 0 Å². The predicted octanol–water partition coefficient (Wildman–Crippen LogP) is 4.20. The number of pyridine rings is 1. The molecule has 0 aliphatic carbocycles. The summed E-state index contributed by atoms with van der Waals surface area (Å²) < 4.78 is 7.73. The molecule has 5 rings (SSSR count). The normalized spacial score (nSPS) is 23.6. The molecule has 1 saturated heterocycles. The first kappa shape index (κ1) is 17.2. The third kappa shape index (κ3) is 2.86. The Hall–Kier alpha value is -1.92. The van der Waals surface area contributed by atoms with Gasteiger partial charge in [-0.1, -0.05) is 28.9 Å². The molecule has 1 aromatic carbocycles. The molecule has 0 saturated carbocycles. The van der Waals surface area contributed by atoms with Gasteiger partial charge >= 0.3 is 0 Å². The first-order valence-electron chi connectivity index (χ1n) is 9.67. The summed E-state index contributed by atoms with van der Waals surface area (Å²) in [6, 6.07) is 12.6. The van der Waals surface area contributed by atoms with E-state index in [1.165, 1.54) is 5.56 Å². The van der Waals surface area contributed by atoms with Crippen LogP contribution in [-0.4, -0.2) is 46.0 Å². The second-order valence-corrected chi connectivity index (χ2v) is 8.41. The fourth-order valence-corrected chi connectivity index (χ4v) is 4.87. The molecular weight excluding hydrogens is 404 g/mol. The third-order valence-corrected chi connectivity index (χ3v) is 6.50. The summed E-state index contributed by atoms with van der Waals surface area (Å²) in [5.41, 5.74) is 2.87. The molecule has 3 aliphatic heterocycles. The Bertz CT molecular complexity index is 877. The summed E-state index contributed by atoms with van der Waals surface area (Å²) in [6.45, 7) is 5.40. The van der Waals surface area contributed by atoms with Crippen molar-refractivity contribution in [2.45, 2.75) is 38.0 Å². The number of benzene rings is 1. The number of piperidine rings is 1. The molecule has 0 unspecified atom stereocenters. The van der Waals surface area contributed by atoms with E-state index in [9.17, 15) is 0 Å². The first-order valence-corrected chi connectivity index (χ1v) is 10.5. The summed E-state index contributed by atoms with van der Waals surface area (Å²) >= 11 is 3.62. The van der Waals surface area contributed by atoms with E-state index in [-0.39, 0.29) is 11.8 Å². The molecule has 27 heavy (non-hydrogen) atoms. The van der Waals surface area contributed by atoms with Crippen LogP contribution < -0.4 is 4.74 Å². The maximum Gasteiger partial charge on any atom is 0.200 e. The van der Waals surface area contributed by atoms with Crippen molar-refractivity contribution < 1.29 is 4.74 Å². The Balaban J connectivity index is 1.57. The lowest BCUT2D eigenvalue weighted by Crippen LogP contribution is -2.59. The quantitative estimate of drug-likeness (QED) is 0.721. The van der Waals surface area contributed by atoms with E-state index in [4.69, 9.17) is 9.84 Å². The first-order chi connectivity index (χ1) is 13.2. The minimum atomic E-state index is -0.353. The summed E-state index contributed by atoms with van der Waals surface area (Å²) in [6.07, 6.45) is 4.63. The maximum atomic E-state index is 6.66. The average Bonchev–Trinajstić information content (AvgIpc) is 3.17. The standard InChI is InChI=1S/C21H23BrN4O/c1-2-25-11-8-21(9-12-25)26-19(16-13-15(22)6-7-20(16)27-21)14-18(24-26)17-5-3-4-10-23-17/h3-7,10,13,19H,2,8-9,11-12,14H2,1H3/t19-/m0/s1. The molecular formula is C21H23BrN4O. The molecule has 1 spiro atoms. The van der Waals surface area contributed by atoms with Crippen LogP contribution in [0.2, 0.25) is 0 Å². The molecule has 1 atom stereocenters. The summed E-state index contributed by atoms with van der Waals surface area (Å²) in [7, 11) is 0. The zero-order chi connectivity index (χ0) is 18.4. The van der Waals surface area contributed by atoms with Gasteiger partial charge in [0.15, 0.2) is 0 Å². The molecule has 1 aromatic heterocycles. The monoisotopic (exact) mass is 426 g/mol. The Labute approximate surface area is 168 Å². The fourth-order valence-electron chi connectivity index (χ4n) is 4.49. The smallest absolute Gasteiger partial charge is 0.200 e. The van der Waals surface area contributed by atoms with Crippen molar-refractivity contribution in [3.8, 4) is 5.75 Å². The highest BCUT2D eigenvalue weighted by Crippen LogP contribution is 2.50. The highest BCUT2D eigenvalue weighted by atomic mass is 79.9. The number of rotatable bonds is 2. The summed E-state index contributed by atoms with van der Waals surface area (Å²) in [4.78, 5) is 7.02. The van der Waals surface area contributed by atoms with Gasteiger partial charge in [-0.25, -0.2) is 5.01 Å². The van der Waals surface area contributed by atoms with Crippen molar-refractivity contribution in [2.24, 2.45) is 5.10 Å². The van der Waals surface area contributed by atoms with E-state index in [0.717, 1.165) is 60.5 Å². The van der Waals surface area contributed by atoms with E-state index in [2.05, 4.69) is 55.9 Å². The van der Waals surface area contributed by atoms with Gasteiger partial charge in [0.2, 0.25) is 5.72 Å². The van der Waals surface area contributed by atoms with Gasteiger partial charge in [-0.15, -0.1) is 0 Å². The maximum absolute atomic E-state index is 6.66. The van der Waals surface area contributed by atoms with Gasteiger partial charge in [-0.3, -0.25) is 4.98 Å². The number of fused-ring (bicyclic) bond motifs is 4. The Morgan fingerprint density at radius 2 is 2.07 bits per heavy atom. The van der Waals surface area contributed by atoms with Gasteiger partial charge < -0.3 is 9.64 Å². The van der Waals surface area contributed by atoms with Crippen molar-refractivity contribution >= 4 is 21.6 Å². The van der Waals surface area contributed by atoms with Crippen molar-refractivity contribution in [2.75, 3.05) is 19.6 Å². The van der Waals surface area contributed by atoms with E-state index >= 15 is 0 Å². The van der Waals surface area contributed by atoms with Crippen LogP contribution in [0.5, 0.6) is 5.75 Å². The van der Waals surface area contributed by atoms with Crippen LogP contribution in [0.25, 0.3) is 0 Å². The SMILES string of the molecule is CCN1CCC2(CC1)Oc1ccc(Br)cc1[C@@H]1CC(c3ccccn3)=NN12. The minimum absolute atomic E-state index is 0.205. The number of halogens is 1. The summed E-state index contributed by atoms with van der Waals surface area (Å²) in [5.74, 6) is 1.00. The zero-order valence-electron chi connectivity index (χ0n) is 15.4. The molecule has 2 aromatic rings. The van der Waals surface area contributed by atoms with E-state index in [1.54, 1.807) is 0 Å². The largest absolute Gasteiger partial charge is 0.466 e. The van der Waals surface area contributed by atoms with Crippen molar-refractivity contribution in [3.05, 3.63) is 58.3 Å². The van der Waals surface area contributed by atoms with Gasteiger partial charge in [-0.2, -0.15) is 5.10 Å². The molecule has 0 N–H and O–H groups in total. The molecule has 3 aliphatic rings. The van der Waals surface area contributed by atoms with Gasteiger partial charge in [0.1, 0.15) is 5.75 Å². The van der Waals surface area contributed by atoms with Crippen LogP contribution in [0, 0.1) is 0 Å². The van der Waals surface area contributed by atoms with Crippen molar-refractivity contribution in [1.82, 2.24) is 14.9 Å².